The first kappa shape index (κ1) is 16.9. The zero-order valence-corrected chi connectivity index (χ0v) is 14.2. The van der Waals surface area contributed by atoms with Gasteiger partial charge in [-0.25, -0.2) is 9.67 Å². The fourth-order valence-electron chi connectivity index (χ4n) is 3.00. The average molecular weight is 322 g/mol. The van der Waals surface area contributed by atoms with Crippen LogP contribution in [-0.2, 0) is 6.54 Å². The topological polar surface area (TPSA) is 46.0 Å². The van der Waals surface area contributed by atoms with Crippen LogP contribution in [0.1, 0.15) is 23.4 Å². The van der Waals surface area contributed by atoms with Gasteiger partial charge in [-0.1, -0.05) is 6.07 Å². The largest absolute Gasteiger partial charge is 0.315 e. The lowest BCUT2D eigenvalue weighted by atomic mass is 10.1. The van der Waals surface area contributed by atoms with Gasteiger partial charge in [0.05, 0.1) is 5.69 Å². The second kappa shape index (κ2) is 7.22. The lowest BCUT2D eigenvalue weighted by Crippen LogP contribution is -2.33. The number of rotatable bonds is 4. The molecule has 1 unspecified atom stereocenters. The van der Waals surface area contributed by atoms with Crippen LogP contribution in [0.25, 0.3) is 5.82 Å². The van der Waals surface area contributed by atoms with Crippen molar-refractivity contribution in [2.45, 2.75) is 32.9 Å². The van der Waals surface area contributed by atoms with E-state index in [0.717, 1.165) is 31.1 Å². The van der Waals surface area contributed by atoms with E-state index in [1.54, 1.807) is 0 Å². The first-order valence-corrected chi connectivity index (χ1v) is 7.54. The molecule has 0 aromatic carbocycles. The summed E-state index contributed by atoms with van der Waals surface area (Å²) in [5.41, 5.74) is 3.59. The standard InChI is InChI=1S/C16H23N5.ClH/c1-12-15(11-20(3)14-7-9-17-10-14)13(2)21(19-12)16-6-4-5-8-18-16;/h4-6,8,14,17H,7,9-11H2,1-3H3;1H. The van der Waals surface area contributed by atoms with Crippen LogP contribution in [0.3, 0.4) is 0 Å². The summed E-state index contributed by atoms with van der Waals surface area (Å²) in [5.74, 6) is 0.884. The number of pyridine rings is 1. The van der Waals surface area contributed by atoms with Gasteiger partial charge in [-0.3, -0.25) is 4.90 Å². The van der Waals surface area contributed by atoms with E-state index in [1.807, 2.05) is 29.1 Å². The number of nitrogens with one attached hydrogen (secondary N) is 1. The SMILES string of the molecule is Cc1nn(-c2ccccn2)c(C)c1CN(C)C1CCNC1.Cl. The van der Waals surface area contributed by atoms with E-state index < -0.39 is 0 Å². The number of likely N-dealkylation sites (N-methyl/N-ethyl adjacent to an activating group) is 1. The van der Waals surface area contributed by atoms with Gasteiger partial charge in [0.1, 0.15) is 0 Å². The molecule has 0 saturated carbocycles. The normalized spacial score (nSPS) is 17.7. The molecule has 0 amide bonds. The highest BCUT2D eigenvalue weighted by Crippen LogP contribution is 2.20. The molecule has 1 aliphatic heterocycles. The third kappa shape index (κ3) is 3.32. The van der Waals surface area contributed by atoms with Crippen molar-refractivity contribution < 1.29 is 0 Å². The van der Waals surface area contributed by atoms with Crippen LogP contribution in [0.5, 0.6) is 0 Å². The van der Waals surface area contributed by atoms with Gasteiger partial charge < -0.3 is 5.32 Å². The summed E-state index contributed by atoms with van der Waals surface area (Å²) in [6, 6.07) is 6.54. The van der Waals surface area contributed by atoms with Crippen LogP contribution in [0, 0.1) is 13.8 Å². The molecular formula is C16H24ClN5. The summed E-state index contributed by atoms with van der Waals surface area (Å²) in [7, 11) is 2.20. The molecule has 0 spiro atoms. The third-order valence-electron chi connectivity index (χ3n) is 4.37. The predicted octanol–water partition coefficient (Wildman–Crippen LogP) is 2.10. The maximum Gasteiger partial charge on any atom is 0.153 e. The average Bonchev–Trinajstić information content (AvgIpc) is 3.12. The Bertz CT molecular complexity index is 604. The predicted molar refractivity (Wildman–Crippen MR) is 90.8 cm³/mol. The Labute approximate surface area is 138 Å². The molecule has 2 aromatic rings. The quantitative estimate of drug-likeness (QED) is 0.937. The molecule has 1 saturated heterocycles. The van der Waals surface area contributed by atoms with E-state index >= 15 is 0 Å². The molecule has 6 heteroatoms. The first-order valence-electron chi connectivity index (χ1n) is 7.54. The number of halogens is 1. The van der Waals surface area contributed by atoms with Crippen LogP contribution < -0.4 is 5.32 Å². The summed E-state index contributed by atoms with van der Waals surface area (Å²) < 4.78 is 1.95. The first-order chi connectivity index (χ1) is 10.2. The maximum absolute atomic E-state index is 4.67. The van der Waals surface area contributed by atoms with Crippen molar-refractivity contribution in [2.24, 2.45) is 0 Å². The summed E-state index contributed by atoms with van der Waals surface area (Å²) >= 11 is 0. The third-order valence-corrected chi connectivity index (χ3v) is 4.37. The molecule has 1 fully saturated rings. The molecule has 1 N–H and O–H groups in total. The van der Waals surface area contributed by atoms with Gasteiger partial charge >= 0.3 is 0 Å². The fraction of sp³-hybridized carbons (Fsp3) is 0.500. The maximum atomic E-state index is 4.67. The minimum absolute atomic E-state index is 0. The van der Waals surface area contributed by atoms with E-state index in [2.05, 4.69) is 41.2 Å². The number of aryl methyl sites for hydroxylation is 1. The minimum atomic E-state index is 0. The van der Waals surface area contributed by atoms with E-state index in [4.69, 9.17) is 0 Å². The number of hydrogen-bond acceptors (Lipinski definition) is 4. The van der Waals surface area contributed by atoms with Gasteiger partial charge in [0.2, 0.25) is 0 Å². The molecular weight excluding hydrogens is 298 g/mol. The molecule has 1 aliphatic rings. The Morgan fingerprint density at radius 3 is 2.82 bits per heavy atom. The summed E-state index contributed by atoms with van der Waals surface area (Å²) in [5, 5.41) is 8.10. The number of nitrogens with zero attached hydrogens (tertiary/aromatic N) is 4. The summed E-state index contributed by atoms with van der Waals surface area (Å²) in [6.45, 7) is 7.37. The van der Waals surface area contributed by atoms with Crippen molar-refractivity contribution in [2.75, 3.05) is 20.1 Å². The van der Waals surface area contributed by atoms with Gasteiger partial charge in [0.25, 0.3) is 0 Å². The van der Waals surface area contributed by atoms with Crippen LogP contribution >= 0.6 is 12.4 Å². The monoisotopic (exact) mass is 321 g/mol. The second-order valence-electron chi connectivity index (χ2n) is 5.81. The number of aromatic nitrogens is 3. The van der Waals surface area contributed by atoms with Crippen molar-refractivity contribution in [1.82, 2.24) is 25.0 Å². The fourth-order valence-corrected chi connectivity index (χ4v) is 3.00. The van der Waals surface area contributed by atoms with Gasteiger partial charge in [0, 0.05) is 36.6 Å². The highest BCUT2D eigenvalue weighted by atomic mass is 35.5. The van der Waals surface area contributed by atoms with Crippen molar-refractivity contribution in [3.8, 4) is 5.82 Å². The molecule has 5 nitrogen and oxygen atoms in total. The van der Waals surface area contributed by atoms with Crippen molar-refractivity contribution in [3.63, 3.8) is 0 Å². The highest BCUT2D eigenvalue weighted by molar-refractivity contribution is 5.85. The van der Waals surface area contributed by atoms with Crippen molar-refractivity contribution >= 4 is 12.4 Å². The Morgan fingerprint density at radius 1 is 1.36 bits per heavy atom. The van der Waals surface area contributed by atoms with E-state index in [9.17, 15) is 0 Å². The molecule has 1 atom stereocenters. The van der Waals surface area contributed by atoms with E-state index in [1.165, 1.54) is 17.7 Å². The molecule has 0 aliphatic carbocycles. The van der Waals surface area contributed by atoms with E-state index in [0.29, 0.717) is 6.04 Å². The molecule has 120 valence electrons. The second-order valence-corrected chi connectivity index (χ2v) is 5.81. The van der Waals surface area contributed by atoms with Crippen LogP contribution in [0.2, 0.25) is 0 Å². The van der Waals surface area contributed by atoms with Crippen molar-refractivity contribution in [1.29, 1.82) is 0 Å². The van der Waals surface area contributed by atoms with Gasteiger partial charge in [-0.2, -0.15) is 5.10 Å². The van der Waals surface area contributed by atoms with Gasteiger partial charge in [-0.15, -0.1) is 12.4 Å². The molecule has 0 radical (unpaired) electrons. The van der Waals surface area contributed by atoms with Gasteiger partial charge in [-0.05, 0) is 46.0 Å². The zero-order valence-electron chi connectivity index (χ0n) is 13.4. The highest BCUT2D eigenvalue weighted by Gasteiger charge is 2.22. The molecule has 22 heavy (non-hydrogen) atoms. The minimum Gasteiger partial charge on any atom is -0.315 e. The van der Waals surface area contributed by atoms with Crippen LogP contribution in [-0.4, -0.2) is 45.8 Å². The Morgan fingerprint density at radius 2 is 2.18 bits per heavy atom. The number of hydrogen-bond donors (Lipinski definition) is 1. The Kier molecular flexibility index (Phi) is 5.56. The molecule has 3 rings (SSSR count). The summed E-state index contributed by atoms with van der Waals surface area (Å²) in [6.07, 6.45) is 3.03. The van der Waals surface area contributed by atoms with Gasteiger partial charge in [0.15, 0.2) is 5.82 Å². The molecule has 2 aromatic heterocycles. The van der Waals surface area contributed by atoms with Crippen molar-refractivity contribution in [3.05, 3.63) is 41.3 Å². The molecule has 0 bridgehead atoms. The Hall–Kier alpha value is -1.43. The smallest absolute Gasteiger partial charge is 0.153 e. The van der Waals surface area contributed by atoms with Crippen LogP contribution in [0.15, 0.2) is 24.4 Å². The van der Waals surface area contributed by atoms with E-state index in [-0.39, 0.29) is 12.4 Å². The lowest BCUT2D eigenvalue weighted by molar-refractivity contribution is 0.248. The zero-order chi connectivity index (χ0) is 14.8. The Balaban J connectivity index is 0.00000176. The van der Waals surface area contributed by atoms with Crippen LogP contribution in [0.4, 0.5) is 0 Å². The summed E-state index contributed by atoms with van der Waals surface area (Å²) in [4.78, 5) is 6.83. The molecule has 3 heterocycles. The lowest BCUT2D eigenvalue weighted by Gasteiger charge is -2.23.